The highest BCUT2D eigenvalue weighted by atomic mass is 16.7. The third kappa shape index (κ3) is 2.96. The van der Waals surface area contributed by atoms with Crippen LogP contribution >= 0.6 is 0 Å². The van der Waals surface area contributed by atoms with Crippen LogP contribution in [0.5, 0.6) is 0 Å². The first-order valence-corrected chi connectivity index (χ1v) is 6.17. The van der Waals surface area contributed by atoms with E-state index in [1.54, 1.807) is 13.2 Å². The van der Waals surface area contributed by atoms with E-state index < -0.39 is 11.8 Å². The Labute approximate surface area is 113 Å². The van der Waals surface area contributed by atoms with Gasteiger partial charge in [0.25, 0.3) is 0 Å². The molecule has 0 saturated carbocycles. The first-order valence-electron chi connectivity index (χ1n) is 6.17. The van der Waals surface area contributed by atoms with Crippen molar-refractivity contribution in [2.75, 3.05) is 14.2 Å². The average molecular weight is 262 g/mol. The number of rotatable bonds is 3. The van der Waals surface area contributed by atoms with Gasteiger partial charge in [-0.1, -0.05) is 30.3 Å². The van der Waals surface area contributed by atoms with E-state index in [1.807, 2.05) is 37.3 Å². The number of methoxy groups -OCH3 is 2. The molecule has 0 spiro atoms. The fourth-order valence-corrected chi connectivity index (χ4v) is 2.20. The number of hydrogen-bond acceptors (Lipinski definition) is 4. The van der Waals surface area contributed by atoms with Crippen molar-refractivity contribution in [1.82, 2.24) is 0 Å². The molecule has 0 aromatic heterocycles. The second-order valence-electron chi connectivity index (χ2n) is 4.68. The summed E-state index contributed by atoms with van der Waals surface area (Å²) in [4.78, 5) is 11.7. The van der Waals surface area contributed by atoms with Crippen LogP contribution in [0.4, 0.5) is 0 Å². The number of hydrogen-bond donors (Lipinski definition) is 0. The van der Waals surface area contributed by atoms with Crippen LogP contribution in [0.25, 0.3) is 0 Å². The molecule has 0 saturated heterocycles. The zero-order chi connectivity index (χ0) is 13.9. The average Bonchev–Trinajstić information content (AvgIpc) is 2.46. The minimum Gasteiger partial charge on any atom is -0.463 e. The molecule has 0 radical (unpaired) electrons. The highest BCUT2D eigenvalue weighted by Crippen LogP contribution is 2.37. The maximum Gasteiger partial charge on any atom is 0.373 e. The normalized spacial score (nSPS) is 26.3. The van der Waals surface area contributed by atoms with Gasteiger partial charge in [0.05, 0.1) is 7.11 Å². The topological polar surface area (TPSA) is 44.8 Å². The van der Waals surface area contributed by atoms with Crippen molar-refractivity contribution in [1.29, 1.82) is 0 Å². The fourth-order valence-electron chi connectivity index (χ4n) is 2.20. The molecule has 0 amide bonds. The molecule has 102 valence electrons. The van der Waals surface area contributed by atoms with E-state index in [2.05, 4.69) is 0 Å². The molecular formula is C15H18O4. The Balaban J connectivity index is 2.35. The fraction of sp³-hybridized carbons (Fsp3) is 0.400. The highest BCUT2D eigenvalue weighted by Gasteiger charge is 2.37. The summed E-state index contributed by atoms with van der Waals surface area (Å²) < 4.78 is 15.7. The predicted octanol–water partition coefficient (Wildman–Crippen LogP) is 2.61. The molecule has 0 unspecified atom stereocenters. The molecule has 0 N–H and O–H groups in total. The van der Waals surface area contributed by atoms with E-state index in [9.17, 15) is 4.79 Å². The van der Waals surface area contributed by atoms with Gasteiger partial charge in [0.2, 0.25) is 11.5 Å². The van der Waals surface area contributed by atoms with Crippen molar-refractivity contribution in [3.8, 4) is 0 Å². The third-order valence-electron chi connectivity index (χ3n) is 3.32. The van der Waals surface area contributed by atoms with Crippen LogP contribution in [0, 0.1) is 0 Å². The van der Waals surface area contributed by atoms with Gasteiger partial charge in [-0.25, -0.2) is 4.79 Å². The molecule has 4 heteroatoms. The molecule has 1 aliphatic rings. The minimum atomic E-state index is -0.821. The number of allylic oxidation sites excluding steroid dienone is 1. The lowest BCUT2D eigenvalue weighted by molar-refractivity contribution is -0.204. The predicted molar refractivity (Wildman–Crippen MR) is 70.4 cm³/mol. The standard InChI is InChI=1S/C15H18O4/c1-15(18-3)10-12(11-7-5-4-6-8-11)9-13(19-15)14(16)17-2/h4-9,12H,10H2,1-3H3/t12-,15+/m0/s1. The summed E-state index contributed by atoms with van der Waals surface area (Å²) >= 11 is 0. The van der Waals surface area contributed by atoms with Crippen LogP contribution in [0.15, 0.2) is 42.2 Å². The van der Waals surface area contributed by atoms with E-state index in [-0.39, 0.29) is 11.7 Å². The number of carbonyl (C=O) groups excluding carboxylic acids is 1. The van der Waals surface area contributed by atoms with Gasteiger partial charge >= 0.3 is 5.97 Å². The van der Waals surface area contributed by atoms with E-state index >= 15 is 0 Å². The largest absolute Gasteiger partial charge is 0.463 e. The van der Waals surface area contributed by atoms with E-state index in [1.165, 1.54) is 7.11 Å². The Morgan fingerprint density at radius 1 is 1.32 bits per heavy atom. The van der Waals surface area contributed by atoms with Crippen molar-refractivity contribution >= 4 is 5.97 Å². The minimum absolute atomic E-state index is 0.0639. The molecule has 1 aliphatic heterocycles. The lowest BCUT2D eigenvalue weighted by Gasteiger charge is -2.36. The summed E-state index contributed by atoms with van der Waals surface area (Å²) in [5, 5.41) is 0. The van der Waals surface area contributed by atoms with Crippen molar-refractivity contribution < 1.29 is 19.0 Å². The monoisotopic (exact) mass is 262 g/mol. The Kier molecular flexibility index (Phi) is 3.90. The maximum absolute atomic E-state index is 11.7. The van der Waals surface area contributed by atoms with Crippen molar-refractivity contribution in [2.24, 2.45) is 0 Å². The highest BCUT2D eigenvalue weighted by molar-refractivity contribution is 5.86. The van der Waals surface area contributed by atoms with Crippen LogP contribution in [0.1, 0.15) is 24.8 Å². The third-order valence-corrected chi connectivity index (χ3v) is 3.32. The Hall–Kier alpha value is -1.81. The Morgan fingerprint density at radius 2 is 2.00 bits per heavy atom. The summed E-state index contributed by atoms with van der Waals surface area (Å²) in [6, 6.07) is 9.96. The van der Waals surface area contributed by atoms with Gasteiger partial charge in [-0.05, 0) is 11.6 Å². The molecule has 0 bridgehead atoms. The molecule has 0 fully saturated rings. The summed E-state index contributed by atoms with van der Waals surface area (Å²) in [5.74, 6) is -1.04. The molecule has 1 aromatic rings. The van der Waals surface area contributed by atoms with E-state index in [4.69, 9.17) is 14.2 Å². The maximum atomic E-state index is 11.7. The smallest absolute Gasteiger partial charge is 0.373 e. The molecular weight excluding hydrogens is 244 g/mol. The number of ether oxygens (including phenoxy) is 3. The summed E-state index contributed by atoms with van der Waals surface area (Å²) in [7, 11) is 2.91. The molecule has 19 heavy (non-hydrogen) atoms. The van der Waals surface area contributed by atoms with E-state index in [0.717, 1.165) is 5.56 Å². The first-order chi connectivity index (χ1) is 9.08. The van der Waals surface area contributed by atoms with Crippen molar-refractivity contribution in [2.45, 2.75) is 25.0 Å². The molecule has 0 aliphatic carbocycles. The Bertz CT molecular complexity index is 480. The van der Waals surface area contributed by atoms with Gasteiger partial charge in [-0.15, -0.1) is 0 Å². The molecule has 4 nitrogen and oxygen atoms in total. The van der Waals surface area contributed by atoms with Gasteiger partial charge in [0.15, 0.2) is 0 Å². The molecule has 2 rings (SSSR count). The Morgan fingerprint density at radius 3 is 2.58 bits per heavy atom. The van der Waals surface area contributed by atoms with Gasteiger partial charge in [0, 0.05) is 26.4 Å². The number of carbonyl (C=O) groups is 1. The number of esters is 1. The zero-order valence-electron chi connectivity index (χ0n) is 11.4. The van der Waals surface area contributed by atoms with Gasteiger partial charge < -0.3 is 14.2 Å². The SMILES string of the molecule is COC(=O)C1=C[C@H](c2ccccc2)C[C@](C)(OC)O1. The van der Waals surface area contributed by atoms with Gasteiger partial charge in [-0.2, -0.15) is 0 Å². The van der Waals surface area contributed by atoms with E-state index in [0.29, 0.717) is 6.42 Å². The second-order valence-corrected chi connectivity index (χ2v) is 4.68. The zero-order valence-corrected chi connectivity index (χ0v) is 11.4. The van der Waals surface area contributed by atoms with Crippen LogP contribution in [0.2, 0.25) is 0 Å². The summed E-state index contributed by atoms with van der Waals surface area (Å²) in [5.41, 5.74) is 1.12. The van der Waals surface area contributed by atoms with Crippen LogP contribution in [-0.2, 0) is 19.0 Å². The quantitative estimate of drug-likeness (QED) is 0.785. The lowest BCUT2D eigenvalue weighted by Crippen LogP contribution is -2.37. The first kappa shape index (κ1) is 13.6. The second kappa shape index (κ2) is 5.45. The molecule has 1 aromatic carbocycles. The van der Waals surface area contributed by atoms with Crippen LogP contribution in [0.3, 0.4) is 0 Å². The van der Waals surface area contributed by atoms with Crippen LogP contribution in [-0.4, -0.2) is 26.0 Å². The summed E-state index contributed by atoms with van der Waals surface area (Å²) in [6.07, 6.45) is 2.44. The van der Waals surface area contributed by atoms with Gasteiger partial charge in [-0.3, -0.25) is 0 Å². The molecule has 2 atom stereocenters. The van der Waals surface area contributed by atoms with Crippen molar-refractivity contribution in [3.63, 3.8) is 0 Å². The van der Waals surface area contributed by atoms with Gasteiger partial charge in [0.1, 0.15) is 0 Å². The number of benzene rings is 1. The van der Waals surface area contributed by atoms with Crippen LogP contribution < -0.4 is 0 Å². The molecule has 1 heterocycles. The van der Waals surface area contributed by atoms with Crippen molar-refractivity contribution in [3.05, 3.63) is 47.7 Å². The lowest BCUT2D eigenvalue weighted by atomic mass is 9.89. The summed E-state index contributed by atoms with van der Waals surface area (Å²) in [6.45, 7) is 1.82.